The first-order valence-electron chi connectivity index (χ1n) is 6.53. The molecular formula is C12H19N5O4. The van der Waals surface area contributed by atoms with Crippen LogP contribution in [-0.4, -0.2) is 57.3 Å². The van der Waals surface area contributed by atoms with Gasteiger partial charge < -0.3 is 20.6 Å². The van der Waals surface area contributed by atoms with Crippen LogP contribution in [0.4, 0.5) is 10.5 Å². The fourth-order valence-corrected chi connectivity index (χ4v) is 1.67. The summed E-state index contributed by atoms with van der Waals surface area (Å²) in [5.41, 5.74) is 0.351. The third-order valence-corrected chi connectivity index (χ3v) is 2.70. The van der Waals surface area contributed by atoms with Crippen LogP contribution in [0.2, 0.25) is 0 Å². The molecule has 0 spiro atoms. The third kappa shape index (κ3) is 5.51. The monoisotopic (exact) mass is 297 g/mol. The van der Waals surface area contributed by atoms with Gasteiger partial charge in [0.05, 0.1) is 18.4 Å². The molecule has 0 aromatic carbocycles. The molecule has 9 nitrogen and oxygen atoms in total. The number of carbonyl (C=O) groups excluding carboxylic acids is 2. The molecule has 0 fully saturated rings. The van der Waals surface area contributed by atoms with E-state index >= 15 is 0 Å². The van der Waals surface area contributed by atoms with Crippen LogP contribution < -0.4 is 10.6 Å². The Morgan fingerprint density at radius 2 is 2.00 bits per heavy atom. The highest BCUT2D eigenvalue weighted by molar-refractivity contribution is 5.92. The van der Waals surface area contributed by atoms with Crippen LogP contribution in [0.15, 0.2) is 12.4 Å². The Hall–Kier alpha value is -2.58. The molecule has 0 saturated carbocycles. The first-order valence-corrected chi connectivity index (χ1v) is 6.53. The largest absolute Gasteiger partial charge is 0.480 e. The summed E-state index contributed by atoms with van der Waals surface area (Å²) in [5.74, 6) is -1.20. The van der Waals surface area contributed by atoms with Crippen molar-refractivity contribution in [3.05, 3.63) is 12.4 Å². The van der Waals surface area contributed by atoms with E-state index in [2.05, 4.69) is 15.7 Å². The number of urea groups is 1. The number of amides is 3. The third-order valence-electron chi connectivity index (χ3n) is 2.70. The van der Waals surface area contributed by atoms with Gasteiger partial charge in [0.15, 0.2) is 0 Å². The summed E-state index contributed by atoms with van der Waals surface area (Å²) in [6.45, 7) is 4.50. The SMILES string of the molecule is CCN(CC)C(=O)CNC(=O)Nc1cnn(CC(=O)O)c1. The average Bonchev–Trinajstić information content (AvgIpc) is 2.84. The molecule has 3 N–H and O–H groups in total. The zero-order valence-electron chi connectivity index (χ0n) is 12.0. The predicted octanol–water partition coefficient (Wildman–Crippen LogP) is -0.0424. The number of carbonyl (C=O) groups is 3. The highest BCUT2D eigenvalue weighted by Crippen LogP contribution is 2.04. The fourth-order valence-electron chi connectivity index (χ4n) is 1.67. The van der Waals surface area contributed by atoms with Crippen LogP contribution in [0, 0.1) is 0 Å². The van der Waals surface area contributed by atoms with Crippen molar-refractivity contribution >= 4 is 23.6 Å². The zero-order chi connectivity index (χ0) is 15.8. The number of hydrogen-bond acceptors (Lipinski definition) is 4. The quantitative estimate of drug-likeness (QED) is 0.653. The summed E-state index contributed by atoms with van der Waals surface area (Å²) >= 11 is 0. The molecule has 0 unspecified atom stereocenters. The van der Waals surface area contributed by atoms with Gasteiger partial charge in [0.1, 0.15) is 6.54 Å². The van der Waals surface area contributed by atoms with E-state index in [9.17, 15) is 14.4 Å². The number of carboxylic acids is 1. The first-order chi connectivity index (χ1) is 9.96. The van der Waals surface area contributed by atoms with E-state index in [1.807, 2.05) is 13.8 Å². The summed E-state index contributed by atoms with van der Waals surface area (Å²) < 4.78 is 1.18. The number of rotatable bonds is 7. The number of anilines is 1. The molecule has 0 atom stereocenters. The van der Waals surface area contributed by atoms with Gasteiger partial charge in [0.2, 0.25) is 5.91 Å². The maximum Gasteiger partial charge on any atom is 0.325 e. The molecule has 0 radical (unpaired) electrons. The topological polar surface area (TPSA) is 117 Å². The minimum absolute atomic E-state index is 0.100. The number of carboxylic acid groups (broad SMARTS) is 1. The number of nitrogens with zero attached hydrogens (tertiary/aromatic N) is 3. The number of aliphatic carboxylic acids is 1. The zero-order valence-corrected chi connectivity index (χ0v) is 12.0. The van der Waals surface area contributed by atoms with Gasteiger partial charge in [-0.1, -0.05) is 0 Å². The van der Waals surface area contributed by atoms with Crippen LogP contribution in [0.25, 0.3) is 0 Å². The van der Waals surface area contributed by atoms with Crippen molar-refractivity contribution in [1.29, 1.82) is 0 Å². The summed E-state index contributed by atoms with van der Waals surface area (Å²) in [4.78, 5) is 35.4. The molecule has 0 aliphatic carbocycles. The highest BCUT2D eigenvalue weighted by Gasteiger charge is 2.11. The van der Waals surface area contributed by atoms with Gasteiger partial charge in [-0.2, -0.15) is 5.10 Å². The summed E-state index contributed by atoms with van der Waals surface area (Å²) in [6, 6.07) is -0.551. The van der Waals surface area contributed by atoms with E-state index in [1.54, 1.807) is 4.90 Å². The first kappa shape index (κ1) is 16.5. The van der Waals surface area contributed by atoms with E-state index < -0.39 is 12.0 Å². The Labute approximate surface area is 121 Å². The van der Waals surface area contributed by atoms with Crippen LogP contribution in [0.3, 0.4) is 0 Å². The second-order valence-electron chi connectivity index (χ2n) is 4.19. The molecule has 0 saturated heterocycles. The van der Waals surface area contributed by atoms with Crippen molar-refractivity contribution in [2.24, 2.45) is 0 Å². The minimum atomic E-state index is -1.03. The molecule has 3 amide bonds. The van der Waals surface area contributed by atoms with Gasteiger partial charge in [-0.3, -0.25) is 14.3 Å². The highest BCUT2D eigenvalue weighted by atomic mass is 16.4. The smallest absolute Gasteiger partial charge is 0.325 e. The van der Waals surface area contributed by atoms with Crippen LogP contribution >= 0.6 is 0 Å². The molecule has 1 heterocycles. The molecule has 1 aromatic rings. The van der Waals surface area contributed by atoms with Crippen LogP contribution in [-0.2, 0) is 16.1 Å². The van der Waals surface area contributed by atoms with Crippen LogP contribution in [0.5, 0.6) is 0 Å². The molecule has 116 valence electrons. The number of nitrogens with one attached hydrogen (secondary N) is 2. The molecule has 21 heavy (non-hydrogen) atoms. The van der Waals surface area contributed by atoms with Gasteiger partial charge in [-0.05, 0) is 13.8 Å². The fraction of sp³-hybridized carbons (Fsp3) is 0.500. The maximum absolute atomic E-state index is 11.7. The van der Waals surface area contributed by atoms with E-state index in [1.165, 1.54) is 17.1 Å². The Morgan fingerprint density at radius 1 is 1.33 bits per heavy atom. The Bertz CT molecular complexity index is 510. The Kier molecular flexibility index (Phi) is 6.18. The molecule has 0 bridgehead atoms. The molecule has 1 aromatic heterocycles. The normalized spacial score (nSPS) is 10.0. The van der Waals surface area contributed by atoms with E-state index in [0.29, 0.717) is 18.8 Å². The van der Waals surface area contributed by atoms with Crippen LogP contribution in [0.1, 0.15) is 13.8 Å². The average molecular weight is 297 g/mol. The lowest BCUT2D eigenvalue weighted by atomic mass is 10.4. The predicted molar refractivity (Wildman–Crippen MR) is 74.8 cm³/mol. The van der Waals surface area contributed by atoms with Gasteiger partial charge in [-0.15, -0.1) is 0 Å². The molecule has 0 aliphatic heterocycles. The van der Waals surface area contributed by atoms with Gasteiger partial charge in [0, 0.05) is 19.3 Å². The number of likely N-dealkylation sites (N-methyl/N-ethyl adjacent to an activating group) is 1. The van der Waals surface area contributed by atoms with E-state index in [0.717, 1.165) is 0 Å². The standard InChI is InChI=1S/C12H19N5O4/c1-3-16(4-2)10(18)6-13-12(21)15-9-5-14-17(7-9)8-11(19)20/h5,7H,3-4,6,8H2,1-2H3,(H,19,20)(H2,13,15,21). The van der Waals surface area contributed by atoms with Crippen molar-refractivity contribution in [2.45, 2.75) is 20.4 Å². The molecular weight excluding hydrogens is 278 g/mol. The minimum Gasteiger partial charge on any atom is -0.480 e. The van der Waals surface area contributed by atoms with Gasteiger partial charge in [-0.25, -0.2) is 4.79 Å². The van der Waals surface area contributed by atoms with Crippen molar-refractivity contribution < 1.29 is 19.5 Å². The second-order valence-corrected chi connectivity index (χ2v) is 4.19. The summed E-state index contributed by atoms with van der Waals surface area (Å²) in [5, 5.41) is 17.3. The van der Waals surface area contributed by atoms with E-state index in [-0.39, 0.29) is 19.0 Å². The summed E-state index contributed by atoms with van der Waals surface area (Å²) in [6.07, 6.45) is 2.72. The molecule has 1 rings (SSSR count). The lowest BCUT2D eigenvalue weighted by molar-refractivity contribution is -0.138. The number of aromatic nitrogens is 2. The Morgan fingerprint density at radius 3 is 2.57 bits per heavy atom. The number of hydrogen-bond donors (Lipinski definition) is 3. The Balaban J connectivity index is 2.41. The summed E-state index contributed by atoms with van der Waals surface area (Å²) in [7, 11) is 0. The lowest BCUT2D eigenvalue weighted by Gasteiger charge is -2.18. The molecule has 0 aliphatic rings. The van der Waals surface area contributed by atoms with Crippen molar-refractivity contribution in [2.75, 3.05) is 25.0 Å². The maximum atomic E-state index is 11.7. The van der Waals surface area contributed by atoms with Gasteiger partial charge >= 0.3 is 12.0 Å². The second kappa shape index (κ2) is 7.88. The van der Waals surface area contributed by atoms with Crippen molar-refractivity contribution in [1.82, 2.24) is 20.0 Å². The van der Waals surface area contributed by atoms with Gasteiger partial charge in [0.25, 0.3) is 0 Å². The van der Waals surface area contributed by atoms with E-state index in [4.69, 9.17) is 5.11 Å². The molecule has 9 heteroatoms. The van der Waals surface area contributed by atoms with Crippen molar-refractivity contribution in [3.63, 3.8) is 0 Å². The van der Waals surface area contributed by atoms with Crippen molar-refractivity contribution in [3.8, 4) is 0 Å². The lowest BCUT2D eigenvalue weighted by Crippen LogP contribution is -2.41.